The SMILES string of the molecule is CN(Cc1cccnc1Cl)c1nc(N)nc2[nH]ncc12. The van der Waals surface area contributed by atoms with Crippen molar-refractivity contribution in [1.82, 2.24) is 25.1 Å². The van der Waals surface area contributed by atoms with Crippen LogP contribution in [0.2, 0.25) is 5.15 Å². The molecule has 3 N–H and O–H groups in total. The van der Waals surface area contributed by atoms with E-state index in [4.69, 9.17) is 17.3 Å². The van der Waals surface area contributed by atoms with Gasteiger partial charge in [-0.25, -0.2) is 4.98 Å². The van der Waals surface area contributed by atoms with E-state index >= 15 is 0 Å². The van der Waals surface area contributed by atoms with Crippen molar-refractivity contribution in [2.75, 3.05) is 17.7 Å². The van der Waals surface area contributed by atoms with Crippen LogP contribution in [-0.2, 0) is 6.54 Å². The molecule has 102 valence electrons. The van der Waals surface area contributed by atoms with Crippen molar-refractivity contribution in [2.24, 2.45) is 0 Å². The van der Waals surface area contributed by atoms with E-state index in [0.29, 0.717) is 23.2 Å². The highest BCUT2D eigenvalue weighted by atomic mass is 35.5. The molecule has 0 aliphatic carbocycles. The average Bonchev–Trinajstić information content (AvgIpc) is 2.88. The Bertz CT molecular complexity index is 754. The van der Waals surface area contributed by atoms with Gasteiger partial charge in [-0.15, -0.1) is 0 Å². The topological polar surface area (TPSA) is 96.6 Å². The molecule has 0 atom stereocenters. The van der Waals surface area contributed by atoms with E-state index in [1.165, 1.54) is 0 Å². The number of halogens is 1. The highest BCUT2D eigenvalue weighted by Crippen LogP contribution is 2.24. The van der Waals surface area contributed by atoms with Crippen LogP contribution in [0.1, 0.15) is 5.56 Å². The van der Waals surface area contributed by atoms with Gasteiger partial charge in [-0.3, -0.25) is 5.10 Å². The minimum atomic E-state index is 0.195. The Labute approximate surface area is 119 Å². The van der Waals surface area contributed by atoms with Crippen LogP contribution in [-0.4, -0.2) is 32.2 Å². The fraction of sp³-hybridized carbons (Fsp3) is 0.167. The highest BCUT2D eigenvalue weighted by molar-refractivity contribution is 6.30. The summed E-state index contributed by atoms with van der Waals surface area (Å²) in [6.07, 6.45) is 3.33. The zero-order valence-electron chi connectivity index (χ0n) is 10.7. The Hall–Kier alpha value is -2.41. The molecular formula is C12H12ClN7. The second-order valence-electron chi connectivity index (χ2n) is 4.35. The maximum Gasteiger partial charge on any atom is 0.224 e. The molecule has 0 spiro atoms. The van der Waals surface area contributed by atoms with Gasteiger partial charge in [0, 0.05) is 25.4 Å². The minimum Gasteiger partial charge on any atom is -0.368 e. The van der Waals surface area contributed by atoms with Gasteiger partial charge in [-0.1, -0.05) is 17.7 Å². The monoisotopic (exact) mass is 289 g/mol. The van der Waals surface area contributed by atoms with Crippen molar-refractivity contribution < 1.29 is 0 Å². The summed E-state index contributed by atoms with van der Waals surface area (Å²) in [6, 6.07) is 3.76. The number of pyridine rings is 1. The molecular weight excluding hydrogens is 278 g/mol. The first kappa shape index (κ1) is 12.6. The van der Waals surface area contributed by atoms with Crippen LogP contribution >= 0.6 is 11.6 Å². The fourth-order valence-corrected chi connectivity index (χ4v) is 2.17. The number of anilines is 2. The molecule has 0 aliphatic heterocycles. The van der Waals surface area contributed by atoms with Crippen LogP contribution in [0.3, 0.4) is 0 Å². The van der Waals surface area contributed by atoms with Gasteiger partial charge in [-0.2, -0.15) is 15.1 Å². The summed E-state index contributed by atoms with van der Waals surface area (Å²) in [5.41, 5.74) is 7.23. The third-order valence-corrected chi connectivity index (χ3v) is 3.25. The number of aromatic amines is 1. The number of hydrogen-bond acceptors (Lipinski definition) is 6. The lowest BCUT2D eigenvalue weighted by molar-refractivity contribution is 0.896. The Morgan fingerprint density at radius 1 is 1.40 bits per heavy atom. The molecule has 3 aromatic rings. The van der Waals surface area contributed by atoms with Gasteiger partial charge in [-0.05, 0) is 6.07 Å². The first-order valence-corrected chi connectivity index (χ1v) is 6.30. The number of fused-ring (bicyclic) bond motifs is 1. The van der Waals surface area contributed by atoms with E-state index < -0.39 is 0 Å². The number of nitrogen functional groups attached to an aromatic ring is 1. The number of nitrogens with zero attached hydrogens (tertiary/aromatic N) is 5. The van der Waals surface area contributed by atoms with Crippen molar-refractivity contribution in [3.05, 3.63) is 35.2 Å². The third kappa shape index (κ3) is 2.23. The molecule has 0 radical (unpaired) electrons. The highest BCUT2D eigenvalue weighted by Gasteiger charge is 2.13. The van der Waals surface area contributed by atoms with Crippen LogP contribution in [0, 0.1) is 0 Å². The molecule has 3 heterocycles. The van der Waals surface area contributed by atoms with Crippen LogP contribution in [0.15, 0.2) is 24.5 Å². The molecule has 0 amide bonds. The summed E-state index contributed by atoms with van der Waals surface area (Å²) in [4.78, 5) is 14.3. The molecule has 0 fully saturated rings. The maximum absolute atomic E-state index is 6.07. The number of hydrogen-bond donors (Lipinski definition) is 2. The van der Waals surface area contributed by atoms with E-state index in [9.17, 15) is 0 Å². The molecule has 0 saturated carbocycles. The van der Waals surface area contributed by atoms with E-state index in [1.807, 2.05) is 24.1 Å². The Morgan fingerprint density at radius 2 is 2.25 bits per heavy atom. The minimum absolute atomic E-state index is 0.195. The Balaban J connectivity index is 1.98. The summed E-state index contributed by atoms with van der Waals surface area (Å²) >= 11 is 6.07. The first-order valence-electron chi connectivity index (χ1n) is 5.92. The van der Waals surface area contributed by atoms with Gasteiger partial charge in [0.1, 0.15) is 11.0 Å². The van der Waals surface area contributed by atoms with E-state index in [1.54, 1.807) is 12.4 Å². The van der Waals surface area contributed by atoms with Gasteiger partial charge in [0.2, 0.25) is 5.95 Å². The molecule has 0 aliphatic rings. The largest absolute Gasteiger partial charge is 0.368 e. The molecule has 0 bridgehead atoms. The number of nitrogens with two attached hydrogens (primary N) is 1. The molecule has 0 aromatic carbocycles. The summed E-state index contributed by atoms with van der Waals surface area (Å²) in [5.74, 6) is 0.891. The van der Waals surface area contributed by atoms with Gasteiger partial charge < -0.3 is 10.6 Å². The number of nitrogens with one attached hydrogen (secondary N) is 1. The molecule has 0 unspecified atom stereocenters. The lowest BCUT2D eigenvalue weighted by Gasteiger charge is -2.19. The van der Waals surface area contributed by atoms with Crippen molar-refractivity contribution >= 4 is 34.4 Å². The summed E-state index contributed by atoms with van der Waals surface area (Å²) in [6.45, 7) is 0.559. The number of rotatable bonds is 3. The lowest BCUT2D eigenvalue weighted by Crippen LogP contribution is -2.19. The fourth-order valence-electron chi connectivity index (χ4n) is 2.00. The summed E-state index contributed by atoms with van der Waals surface area (Å²) < 4.78 is 0. The molecule has 0 saturated heterocycles. The van der Waals surface area contributed by atoms with Crippen molar-refractivity contribution in [3.8, 4) is 0 Å². The zero-order chi connectivity index (χ0) is 14.1. The second-order valence-corrected chi connectivity index (χ2v) is 4.71. The molecule has 7 nitrogen and oxygen atoms in total. The van der Waals surface area contributed by atoms with Gasteiger partial charge in [0.25, 0.3) is 0 Å². The van der Waals surface area contributed by atoms with Crippen molar-refractivity contribution in [1.29, 1.82) is 0 Å². The van der Waals surface area contributed by atoms with E-state index in [0.717, 1.165) is 10.9 Å². The molecule has 20 heavy (non-hydrogen) atoms. The molecule has 8 heteroatoms. The smallest absolute Gasteiger partial charge is 0.224 e. The van der Waals surface area contributed by atoms with Crippen LogP contribution in [0.4, 0.5) is 11.8 Å². The zero-order valence-corrected chi connectivity index (χ0v) is 11.5. The third-order valence-electron chi connectivity index (χ3n) is 2.91. The quantitative estimate of drug-likeness (QED) is 0.711. The van der Waals surface area contributed by atoms with Crippen molar-refractivity contribution in [3.63, 3.8) is 0 Å². The standard InChI is InChI=1S/C12H12ClN7/c1-20(6-7-3-2-4-15-9(7)13)11-8-5-16-19-10(8)17-12(14)18-11/h2-5H,6H2,1H3,(H3,14,16,17,18,19). The Kier molecular flexibility index (Phi) is 3.11. The van der Waals surface area contributed by atoms with E-state index in [2.05, 4.69) is 25.1 Å². The lowest BCUT2D eigenvalue weighted by atomic mass is 10.2. The van der Waals surface area contributed by atoms with E-state index in [-0.39, 0.29) is 5.95 Å². The predicted molar refractivity (Wildman–Crippen MR) is 77.5 cm³/mol. The van der Waals surface area contributed by atoms with Crippen molar-refractivity contribution in [2.45, 2.75) is 6.54 Å². The molecule has 3 aromatic heterocycles. The van der Waals surface area contributed by atoms with Gasteiger partial charge in [0.15, 0.2) is 5.65 Å². The summed E-state index contributed by atoms with van der Waals surface area (Å²) in [7, 11) is 1.90. The number of aromatic nitrogens is 5. The summed E-state index contributed by atoms with van der Waals surface area (Å²) in [5, 5.41) is 8.03. The molecule has 3 rings (SSSR count). The maximum atomic E-state index is 6.07. The van der Waals surface area contributed by atoms with Crippen LogP contribution in [0.25, 0.3) is 11.0 Å². The normalized spacial score (nSPS) is 10.9. The van der Waals surface area contributed by atoms with Crippen LogP contribution in [0.5, 0.6) is 0 Å². The van der Waals surface area contributed by atoms with Gasteiger partial charge >= 0.3 is 0 Å². The van der Waals surface area contributed by atoms with Crippen LogP contribution < -0.4 is 10.6 Å². The predicted octanol–water partition coefficient (Wildman–Crippen LogP) is 1.62. The first-order chi connectivity index (χ1) is 9.65. The van der Waals surface area contributed by atoms with Gasteiger partial charge in [0.05, 0.1) is 11.6 Å². The number of H-pyrrole nitrogens is 1. The Morgan fingerprint density at radius 3 is 3.05 bits per heavy atom. The second kappa shape index (κ2) is 4.93. The average molecular weight is 290 g/mol.